The van der Waals surface area contributed by atoms with Gasteiger partial charge in [0, 0.05) is 13.3 Å². The zero-order valence-corrected chi connectivity index (χ0v) is 8.60. The number of hydrogen-bond acceptors (Lipinski definition) is 5. The standard InChI is InChI=1S/C8H13N5O3/c1-10-13-7(9)11-4-2-3-5-6(14)16-8(15)12-5/h5H,1-4H2,(H,12,15)(H3,9,11,13)/t5-/m0/s1. The summed E-state index contributed by atoms with van der Waals surface area (Å²) in [4.78, 5) is 25.6. The summed E-state index contributed by atoms with van der Waals surface area (Å²) in [6.45, 7) is 3.60. The van der Waals surface area contributed by atoms with E-state index in [-0.39, 0.29) is 5.96 Å². The van der Waals surface area contributed by atoms with Gasteiger partial charge in [0.15, 0.2) is 0 Å². The zero-order valence-electron chi connectivity index (χ0n) is 8.60. The molecule has 1 fully saturated rings. The molecule has 1 saturated heterocycles. The van der Waals surface area contributed by atoms with Crippen molar-refractivity contribution < 1.29 is 14.3 Å². The van der Waals surface area contributed by atoms with Crippen molar-refractivity contribution in [3.05, 3.63) is 0 Å². The summed E-state index contributed by atoms with van der Waals surface area (Å²) in [5.74, 6) is -0.388. The highest BCUT2D eigenvalue weighted by atomic mass is 16.6. The third-order valence-electron chi connectivity index (χ3n) is 1.90. The highest BCUT2D eigenvalue weighted by Gasteiger charge is 2.31. The van der Waals surface area contributed by atoms with Gasteiger partial charge in [-0.15, -0.1) is 0 Å². The molecule has 0 spiro atoms. The lowest BCUT2D eigenvalue weighted by Gasteiger charge is -2.03. The van der Waals surface area contributed by atoms with Crippen LogP contribution in [-0.4, -0.2) is 37.3 Å². The number of ether oxygens (including phenoxy) is 1. The van der Waals surface area contributed by atoms with Gasteiger partial charge in [0.1, 0.15) is 6.04 Å². The number of carbonyl (C=O) groups excluding carboxylic acids is 2. The first kappa shape index (κ1) is 12.0. The van der Waals surface area contributed by atoms with Crippen LogP contribution in [0.2, 0.25) is 0 Å². The summed E-state index contributed by atoms with van der Waals surface area (Å²) in [5.41, 5.74) is 7.74. The molecule has 8 heteroatoms. The first-order valence-electron chi connectivity index (χ1n) is 4.67. The van der Waals surface area contributed by atoms with Crippen LogP contribution in [-0.2, 0) is 9.53 Å². The molecule has 0 aliphatic carbocycles. The number of nitrogens with zero attached hydrogens (tertiary/aromatic N) is 2. The third-order valence-corrected chi connectivity index (χ3v) is 1.90. The number of hydrogen-bond donors (Lipinski definition) is 3. The smallest absolute Gasteiger partial charge is 0.375 e. The molecule has 1 aliphatic rings. The quantitative estimate of drug-likeness (QED) is 0.138. The van der Waals surface area contributed by atoms with Crippen molar-refractivity contribution in [2.24, 2.45) is 15.8 Å². The van der Waals surface area contributed by atoms with Crippen LogP contribution in [0.5, 0.6) is 0 Å². The molecule has 1 aliphatic heterocycles. The van der Waals surface area contributed by atoms with Gasteiger partial charge < -0.3 is 15.8 Å². The average Bonchev–Trinajstić information content (AvgIpc) is 2.53. The third kappa shape index (κ3) is 3.56. The van der Waals surface area contributed by atoms with Crippen molar-refractivity contribution in [1.82, 2.24) is 10.7 Å². The molecule has 0 bridgehead atoms. The number of cyclic esters (lactones) is 2. The second-order valence-electron chi connectivity index (χ2n) is 3.08. The van der Waals surface area contributed by atoms with Crippen molar-refractivity contribution in [3.8, 4) is 0 Å². The van der Waals surface area contributed by atoms with Gasteiger partial charge in [-0.2, -0.15) is 5.10 Å². The molecular formula is C8H13N5O3. The van der Waals surface area contributed by atoms with E-state index in [0.717, 1.165) is 0 Å². The fourth-order valence-corrected chi connectivity index (χ4v) is 1.19. The molecule has 0 aromatic carbocycles. The number of nitrogens with one attached hydrogen (secondary N) is 2. The Hall–Kier alpha value is -2.12. The summed E-state index contributed by atoms with van der Waals surface area (Å²) in [5, 5.41) is 5.71. The SMILES string of the molecule is C=NNC(N)=NCCC[C@@H]1NC(=O)OC1=O. The number of nitrogens with two attached hydrogens (primary N) is 1. The second-order valence-corrected chi connectivity index (χ2v) is 3.08. The van der Waals surface area contributed by atoms with Gasteiger partial charge >= 0.3 is 12.1 Å². The van der Waals surface area contributed by atoms with Crippen LogP contribution >= 0.6 is 0 Å². The summed E-state index contributed by atoms with van der Waals surface area (Å²) >= 11 is 0. The molecule has 1 heterocycles. The summed E-state index contributed by atoms with van der Waals surface area (Å²) in [7, 11) is 0. The van der Waals surface area contributed by atoms with Crippen LogP contribution < -0.4 is 16.5 Å². The van der Waals surface area contributed by atoms with Crippen molar-refractivity contribution >= 4 is 24.7 Å². The Morgan fingerprint density at radius 2 is 2.38 bits per heavy atom. The largest absolute Gasteiger partial charge is 0.415 e. The summed E-state index contributed by atoms with van der Waals surface area (Å²) in [6.07, 6.45) is 0.359. The fraction of sp³-hybridized carbons (Fsp3) is 0.500. The van der Waals surface area contributed by atoms with E-state index in [2.05, 4.69) is 32.3 Å². The number of guanidine groups is 1. The average molecular weight is 227 g/mol. The Balaban J connectivity index is 2.21. The lowest BCUT2D eigenvalue weighted by molar-refractivity contribution is -0.135. The lowest BCUT2D eigenvalue weighted by atomic mass is 10.2. The summed E-state index contributed by atoms with van der Waals surface area (Å²) in [6, 6.07) is -0.575. The van der Waals surface area contributed by atoms with E-state index in [9.17, 15) is 9.59 Å². The number of esters is 1. The van der Waals surface area contributed by atoms with Gasteiger partial charge in [0.2, 0.25) is 5.96 Å². The van der Waals surface area contributed by atoms with Crippen LogP contribution in [0.3, 0.4) is 0 Å². The molecule has 0 aromatic heterocycles. The van der Waals surface area contributed by atoms with E-state index in [4.69, 9.17) is 5.73 Å². The Morgan fingerprint density at radius 3 is 2.94 bits per heavy atom. The molecule has 0 aromatic rings. The number of hydrazone groups is 1. The van der Waals surface area contributed by atoms with Gasteiger partial charge in [-0.25, -0.2) is 15.0 Å². The highest BCUT2D eigenvalue weighted by Crippen LogP contribution is 2.06. The van der Waals surface area contributed by atoms with E-state index in [0.29, 0.717) is 19.4 Å². The normalized spacial score (nSPS) is 20.2. The van der Waals surface area contributed by atoms with Crippen molar-refractivity contribution in [3.63, 3.8) is 0 Å². The molecule has 1 rings (SSSR count). The van der Waals surface area contributed by atoms with E-state index in [1.54, 1.807) is 0 Å². The van der Waals surface area contributed by atoms with Crippen molar-refractivity contribution in [2.45, 2.75) is 18.9 Å². The zero-order chi connectivity index (χ0) is 12.0. The Bertz CT molecular complexity index is 328. The number of rotatable bonds is 5. The van der Waals surface area contributed by atoms with Gasteiger partial charge in [-0.1, -0.05) is 0 Å². The molecule has 1 atom stereocenters. The minimum absolute atomic E-state index is 0.160. The summed E-state index contributed by atoms with van der Waals surface area (Å²) < 4.78 is 4.31. The molecule has 0 unspecified atom stereocenters. The lowest BCUT2D eigenvalue weighted by Crippen LogP contribution is -2.29. The minimum atomic E-state index is -0.699. The molecule has 1 amide bonds. The Labute approximate surface area is 91.9 Å². The fourth-order valence-electron chi connectivity index (χ4n) is 1.19. The predicted molar refractivity (Wildman–Crippen MR) is 56.8 cm³/mol. The maximum atomic E-state index is 11.0. The topological polar surface area (TPSA) is 118 Å². The van der Waals surface area contributed by atoms with Crippen molar-refractivity contribution in [1.29, 1.82) is 0 Å². The molecule has 8 nitrogen and oxygen atoms in total. The van der Waals surface area contributed by atoms with Crippen LogP contribution in [0.4, 0.5) is 4.79 Å². The Morgan fingerprint density at radius 1 is 1.62 bits per heavy atom. The number of amides is 1. The highest BCUT2D eigenvalue weighted by molar-refractivity contribution is 5.95. The van der Waals surface area contributed by atoms with Crippen molar-refractivity contribution in [2.75, 3.05) is 6.54 Å². The molecule has 88 valence electrons. The molecule has 0 saturated carbocycles. The first-order chi connectivity index (χ1) is 7.63. The van der Waals surface area contributed by atoms with E-state index in [1.165, 1.54) is 0 Å². The van der Waals surface area contributed by atoms with Gasteiger partial charge in [-0.3, -0.25) is 4.99 Å². The molecule has 16 heavy (non-hydrogen) atoms. The Kier molecular flexibility index (Phi) is 4.25. The van der Waals surface area contributed by atoms with Crippen LogP contribution in [0.1, 0.15) is 12.8 Å². The second kappa shape index (κ2) is 5.69. The van der Waals surface area contributed by atoms with E-state index >= 15 is 0 Å². The molecule has 0 radical (unpaired) electrons. The minimum Gasteiger partial charge on any atom is -0.375 e. The van der Waals surface area contributed by atoms with Crippen LogP contribution in [0.15, 0.2) is 10.1 Å². The maximum Gasteiger partial charge on any atom is 0.415 e. The van der Waals surface area contributed by atoms with Gasteiger partial charge in [0.05, 0.1) is 0 Å². The predicted octanol–water partition coefficient (Wildman–Crippen LogP) is -1.08. The number of aliphatic imine (C=N–C) groups is 1. The van der Waals surface area contributed by atoms with E-state index in [1.807, 2.05) is 0 Å². The maximum absolute atomic E-state index is 11.0. The van der Waals surface area contributed by atoms with E-state index < -0.39 is 18.1 Å². The molecule has 4 N–H and O–H groups in total. The van der Waals surface area contributed by atoms with Crippen LogP contribution in [0.25, 0.3) is 0 Å². The van der Waals surface area contributed by atoms with Gasteiger partial charge in [-0.05, 0) is 12.8 Å². The van der Waals surface area contributed by atoms with Gasteiger partial charge in [0.25, 0.3) is 0 Å². The van der Waals surface area contributed by atoms with Crippen LogP contribution in [0, 0.1) is 0 Å². The number of alkyl carbamates (subject to hydrolysis) is 1. The number of carbonyl (C=O) groups is 2. The molecular weight excluding hydrogens is 214 g/mol. The first-order valence-corrected chi connectivity index (χ1v) is 4.67. The monoisotopic (exact) mass is 227 g/mol.